The Kier molecular flexibility index (Phi) is 7.38. The van der Waals surface area contributed by atoms with Crippen molar-refractivity contribution in [3.05, 3.63) is 59.1 Å². The number of halogens is 1. The van der Waals surface area contributed by atoms with Gasteiger partial charge in [0.15, 0.2) is 0 Å². The van der Waals surface area contributed by atoms with Gasteiger partial charge in [0.25, 0.3) is 0 Å². The van der Waals surface area contributed by atoms with Crippen molar-refractivity contribution in [2.45, 2.75) is 17.9 Å². The van der Waals surface area contributed by atoms with Gasteiger partial charge in [0.1, 0.15) is 0 Å². The SMILES string of the molecule is O=C(CCSc1ccc(Cl)cc1)Nc1ccc(CN2CCOCC2)cc1. The van der Waals surface area contributed by atoms with E-state index in [2.05, 4.69) is 22.3 Å². The number of morpholine rings is 1. The minimum Gasteiger partial charge on any atom is -0.379 e. The normalized spacial score (nSPS) is 15.0. The molecule has 1 aliphatic heterocycles. The summed E-state index contributed by atoms with van der Waals surface area (Å²) in [6.45, 7) is 4.49. The lowest BCUT2D eigenvalue weighted by molar-refractivity contribution is -0.115. The monoisotopic (exact) mass is 390 g/mol. The quantitative estimate of drug-likeness (QED) is 0.716. The highest BCUT2D eigenvalue weighted by atomic mass is 35.5. The minimum absolute atomic E-state index is 0.0346. The second kappa shape index (κ2) is 9.97. The van der Waals surface area contributed by atoms with Crippen LogP contribution in [0.25, 0.3) is 0 Å². The van der Waals surface area contributed by atoms with E-state index in [0.717, 1.165) is 54.2 Å². The first-order valence-corrected chi connectivity index (χ1v) is 10.1. The number of benzene rings is 2. The Morgan fingerprint density at radius 2 is 1.77 bits per heavy atom. The molecule has 1 N–H and O–H groups in total. The van der Waals surface area contributed by atoms with E-state index in [1.807, 2.05) is 36.4 Å². The number of hydrogen-bond donors (Lipinski definition) is 1. The number of carbonyl (C=O) groups excluding carboxylic acids is 1. The maximum atomic E-state index is 12.1. The third-order valence-corrected chi connectivity index (χ3v) is 5.42. The predicted molar refractivity (Wildman–Crippen MR) is 108 cm³/mol. The van der Waals surface area contributed by atoms with E-state index in [0.29, 0.717) is 6.42 Å². The number of amides is 1. The molecule has 0 aliphatic carbocycles. The maximum absolute atomic E-state index is 12.1. The van der Waals surface area contributed by atoms with Crippen LogP contribution in [0, 0.1) is 0 Å². The average Bonchev–Trinajstić information content (AvgIpc) is 2.66. The van der Waals surface area contributed by atoms with Crippen LogP contribution in [0.3, 0.4) is 0 Å². The van der Waals surface area contributed by atoms with Crippen molar-refractivity contribution in [2.75, 3.05) is 37.4 Å². The van der Waals surface area contributed by atoms with Gasteiger partial charge in [-0.15, -0.1) is 11.8 Å². The smallest absolute Gasteiger partial charge is 0.225 e. The van der Waals surface area contributed by atoms with Crippen LogP contribution in [0.4, 0.5) is 5.69 Å². The van der Waals surface area contributed by atoms with Crippen molar-refractivity contribution < 1.29 is 9.53 Å². The number of nitrogens with zero attached hydrogens (tertiary/aromatic N) is 1. The molecule has 2 aromatic carbocycles. The van der Waals surface area contributed by atoms with Crippen LogP contribution >= 0.6 is 23.4 Å². The number of anilines is 1. The summed E-state index contributed by atoms with van der Waals surface area (Å²) in [5, 5.41) is 3.69. The molecule has 0 bridgehead atoms. The highest BCUT2D eigenvalue weighted by Crippen LogP contribution is 2.21. The van der Waals surface area contributed by atoms with Crippen molar-refractivity contribution in [1.82, 2.24) is 4.90 Å². The Labute approximate surface area is 163 Å². The highest BCUT2D eigenvalue weighted by Gasteiger charge is 2.10. The molecule has 2 aromatic rings. The molecule has 3 rings (SSSR count). The largest absolute Gasteiger partial charge is 0.379 e. The van der Waals surface area contributed by atoms with E-state index in [1.165, 1.54) is 5.56 Å². The van der Waals surface area contributed by atoms with Crippen molar-refractivity contribution in [3.8, 4) is 0 Å². The third kappa shape index (κ3) is 6.32. The summed E-state index contributed by atoms with van der Waals surface area (Å²) >= 11 is 7.53. The molecule has 138 valence electrons. The first kappa shape index (κ1) is 19.2. The molecule has 0 spiro atoms. The molecule has 0 radical (unpaired) electrons. The third-order valence-electron chi connectivity index (χ3n) is 4.16. The number of rotatable bonds is 7. The van der Waals surface area contributed by atoms with Gasteiger partial charge in [-0.05, 0) is 42.0 Å². The summed E-state index contributed by atoms with van der Waals surface area (Å²) in [4.78, 5) is 15.6. The number of ether oxygens (including phenoxy) is 1. The second-order valence-electron chi connectivity index (χ2n) is 6.19. The first-order chi connectivity index (χ1) is 12.7. The number of carbonyl (C=O) groups is 1. The van der Waals surface area contributed by atoms with Crippen molar-refractivity contribution >= 4 is 35.0 Å². The summed E-state index contributed by atoms with van der Waals surface area (Å²) in [6.07, 6.45) is 0.475. The van der Waals surface area contributed by atoms with Crippen LogP contribution in [0.2, 0.25) is 5.02 Å². The molecular weight excluding hydrogens is 368 g/mol. The number of nitrogens with one attached hydrogen (secondary N) is 1. The summed E-state index contributed by atoms with van der Waals surface area (Å²) in [7, 11) is 0. The summed E-state index contributed by atoms with van der Waals surface area (Å²) < 4.78 is 5.37. The zero-order valence-electron chi connectivity index (χ0n) is 14.6. The molecule has 4 nitrogen and oxygen atoms in total. The van der Waals surface area contributed by atoms with Crippen LogP contribution < -0.4 is 5.32 Å². The van der Waals surface area contributed by atoms with Gasteiger partial charge in [-0.25, -0.2) is 0 Å². The first-order valence-electron chi connectivity index (χ1n) is 8.76. The molecule has 0 unspecified atom stereocenters. The van der Waals surface area contributed by atoms with Gasteiger partial charge in [-0.1, -0.05) is 23.7 Å². The lowest BCUT2D eigenvalue weighted by Crippen LogP contribution is -2.35. The lowest BCUT2D eigenvalue weighted by atomic mass is 10.2. The van der Waals surface area contributed by atoms with Crippen molar-refractivity contribution in [3.63, 3.8) is 0 Å². The molecule has 1 heterocycles. The predicted octanol–water partition coefficient (Wildman–Crippen LogP) is 4.29. The molecule has 1 aliphatic rings. The van der Waals surface area contributed by atoms with E-state index in [4.69, 9.17) is 16.3 Å². The minimum atomic E-state index is 0.0346. The summed E-state index contributed by atoms with van der Waals surface area (Å²) in [5.41, 5.74) is 2.10. The molecule has 6 heteroatoms. The van der Waals surface area contributed by atoms with Crippen molar-refractivity contribution in [1.29, 1.82) is 0 Å². The van der Waals surface area contributed by atoms with E-state index in [-0.39, 0.29) is 5.91 Å². The van der Waals surface area contributed by atoms with Crippen molar-refractivity contribution in [2.24, 2.45) is 0 Å². The van der Waals surface area contributed by atoms with E-state index < -0.39 is 0 Å². The molecule has 0 saturated carbocycles. The average molecular weight is 391 g/mol. The Hall–Kier alpha value is -1.53. The summed E-state index contributed by atoms with van der Waals surface area (Å²) in [5.74, 6) is 0.773. The molecule has 1 saturated heterocycles. The Morgan fingerprint density at radius 1 is 1.08 bits per heavy atom. The highest BCUT2D eigenvalue weighted by molar-refractivity contribution is 7.99. The zero-order chi connectivity index (χ0) is 18.2. The second-order valence-corrected chi connectivity index (χ2v) is 7.79. The van der Waals surface area contributed by atoms with E-state index in [9.17, 15) is 4.79 Å². The van der Waals surface area contributed by atoms with Gasteiger partial charge < -0.3 is 10.1 Å². The molecule has 1 amide bonds. The zero-order valence-corrected chi connectivity index (χ0v) is 16.2. The molecule has 1 fully saturated rings. The van der Waals surface area contributed by atoms with Crippen LogP contribution in [0.1, 0.15) is 12.0 Å². The van der Waals surface area contributed by atoms with Gasteiger partial charge in [-0.3, -0.25) is 9.69 Å². The Balaban J connectivity index is 1.40. The van der Waals surface area contributed by atoms with E-state index >= 15 is 0 Å². The maximum Gasteiger partial charge on any atom is 0.225 e. The Bertz CT molecular complexity index is 701. The van der Waals surface area contributed by atoms with Crippen LogP contribution in [0.15, 0.2) is 53.4 Å². The fourth-order valence-corrected chi connectivity index (χ4v) is 3.70. The summed E-state index contributed by atoms with van der Waals surface area (Å²) in [6, 6.07) is 15.8. The molecular formula is C20H23ClN2O2S. The van der Waals surface area contributed by atoms with Gasteiger partial charge in [-0.2, -0.15) is 0 Å². The number of thioether (sulfide) groups is 1. The van der Waals surface area contributed by atoms with Crippen LogP contribution in [-0.2, 0) is 16.1 Å². The van der Waals surface area contributed by atoms with E-state index in [1.54, 1.807) is 11.8 Å². The topological polar surface area (TPSA) is 41.6 Å². The van der Waals surface area contributed by atoms with Gasteiger partial charge >= 0.3 is 0 Å². The Morgan fingerprint density at radius 3 is 2.46 bits per heavy atom. The molecule has 26 heavy (non-hydrogen) atoms. The van der Waals surface area contributed by atoms with Gasteiger partial charge in [0.2, 0.25) is 5.91 Å². The standard InChI is InChI=1S/C20H23ClN2O2S/c21-17-3-7-19(8-4-17)26-14-9-20(24)22-18-5-1-16(2-6-18)15-23-10-12-25-13-11-23/h1-8H,9-15H2,(H,22,24). The number of hydrogen-bond acceptors (Lipinski definition) is 4. The van der Waals surface area contributed by atoms with Gasteiger partial charge in [0, 0.05) is 47.4 Å². The molecule has 0 aromatic heterocycles. The fraction of sp³-hybridized carbons (Fsp3) is 0.350. The van der Waals surface area contributed by atoms with Crippen LogP contribution in [0.5, 0.6) is 0 Å². The lowest BCUT2D eigenvalue weighted by Gasteiger charge is -2.26. The van der Waals surface area contributed by atoms with Crippen LogP contribution in [-0.4, -0.2) is 42.9 Å². The molecule has 0 atom stereocenters. The van der Waals surface area contributed by atoms with Gasteiger partial charge in [0.05, 0.1) is 13.2 Å². The fourth-order valence-electron chi connectivity index (χ4n) is 2.73.